The van der Waals surface area contributed by atoms with Crippen LogP contribution in [0.15, 0.2) is 18.2 Å². The average molecular weight is 375 g/mol. The topological polar surface area (TPSA) is 75.6 Å². The second-order valence-corrected chi connectivity index (χ2v) is 5.58. The maximum Gasteiger partial charge on any atom is 0.311 e. The van der Waals surface area contributed by atoms with E-state index in [1.807, 2.05) is 19.1 Å². The van der Waals surface area contributed by atoms with Crippen LogP contribution in [0.3, 0.4) is 0 Å². The molecule has 1 heterocycles. The largest absolute Gasteiger partial charge is 0.481 e. The van der Waals surface area contributed by atoms with Crippen molar-refractivity contribution in [1.82, 2.24) is 5.32 Å². The highest BCUT2D eigenvalue weighted by molar-refractivity contribution is 14.1. The van der Waals surface area contributed by atoms with E-state index in [0.717, 1.165) is 9.13 Å². The Morgan fingerprint density at radius 2 is 2.16 bits per heavy atom. The zero-order valence-corrected chi connectivity index (χ0v) is 12.5. The minimum Gasteiger partial charge on any atom is -0.481 e. The number of hydrogen-bond donors (Lipinski definition) is 2. The molecule has 0 radical (unpaired) electrons. The molecule has 0 aromatic heterocycles. The predicted molar refractivity (Wildman–Crippen MR) is 77.1 cm³/mol. The number of aliphatic carboxylic acids is 1. The number of benzene rings is 1. The number of carbonyl (C=O) groups is 2. The van der Waals surface area contributed by atoms with Gasteiger partial charge in [0, 0.05) is 3.57 Å². The van der Waals surface area contributed by atoms with E-state index in [4.69, 9.17) is 9.84 Å². The van der Waals surface area contributed by atoms with Gasteiger partial charge < -0.3 is 15.2 Å². The van der Waals surface area contributed by atoms with E-state index in [-0.39, 0.29) is 19.1 Å². The molecule has 2 N–H and O–H groups in total. The first-order valence-electron chi connectivity index (χ1n) is 5.87. The van der Waals surface area contributed by atoms with Crippen LogP contribution < -0.4 is 5.32 Å². The van der Waals surface area contributed by atoms with Crippen molar-refractivity contribution in [2.45, 2.75) is 13.0 Å². The molecule has 1 aromatic carbocycles. The molecule has 6 heteroatoms. The Morgan fingerprint density at radius 1 is 1.42 bits per heavy atom. The third-order valence-electron chi connectivity index (χ3n) is 3.15. The zero-order valence-electron chi connectivity index (χ0n) is 10.4. The number of ether oxygens (including phenoxy) is 1. The highest BCUT2D eigenvalue weighted by atomic mass is 127. The first-order chi connectivity index (χ1) is 9.00. The van der Waals surface area contributed by atoms with Gasteiger partial charge in [0.1, 0.15) is 5.92 Å². The lowest BCUT2D eigenvalue weighted by molar-refractivity contribution is -0.142. The molecule has 0 aliphatic carbocycles. The summed E-state index contributed by atoms with van der Waals surface area (Å²) in [7, 11) is 0. The quantitative estimate of drug-likeness (QED) is 0.784. The normalized spacial score (nSPS) is 22.2. The van der Waals surface area contributed by atoms with Crippen molar-refractivity contribution in [3.63, 3.8) is 0 Å². The molecule has 1 fully saturated rings. The monoisotopic (exact) mass is 375 g/mol. The van der Waals surface area contributed by atoms with Crippen molar-refractivity contribution >= 4 is 34.5 Å². The number of nitrogens with one attached hydrogen (secondary N) is 1. The molecule has 0 bridgehead atoms. The molecular formula is C13H14INO4. The third-order valence-corrected chi connectivity index (χ3v) is 4.58. The number of carboxylic acids is 1. The third kappa shape index (κ3) is 3.06. The predicted octanol–water partition coefficient (Wildman–Crippen LogP) is 1.43. The first kappa shape index (κ1) is 14.3. The average Bonchev–Trinajstić information content (AvgIpc) is 2.80. The van der Waals surface area contributed by atoms with E-state index in [0.29, 0.717) is 5.56 Å². The fourth-order valence-electron chi connectivity index (χ4n) is 2.01. The molecule has 1 saturated heterocycles. The number of carbonyl (C=O) groups excluding carboxylic acids is 1. The maximum atomic E-state index is 12.2. The summed E-state index contributed by atoms with van der Waals surface area (Å²) in [6.45, 7) is 2.31. The van der Waals surface area contributed by atoms with Gasteiger partial charge in [0.05, 0.1) is 24.8 Å². The summed E-state index contributed by atoms with van der Waals surface area (Å²) >= 11 is 2.12. The molecule has 19 heavy (non-hydrogen) atoms. The lowest BCUT2D eigenvalue weighted by Gasteiger charge is -2.16. The lowest BCUT2D eigenvalue weighted by Crippen LogP contribution is -2.42. The van der Waals surface area contributed by atoms with Crippen LogP contribution in [0.5, 0.6) is 0 Å². The summed E-state index contributed by atoms with van der Waals surface area (Å²) in [4.78, 5) is 23.2. The van der Waals surface area contributed by atoms with Gasteiger partial charge in [-0.05, 0) is 41.1 Å². The fourth-order valence-corrected chi connectivity index (χ4v) is 2.61. The Morgan fingerprint density at radius 3 is 2.84 bits per heavy atom. The van der Waals surface area contributed by atoms with Crippen molar-refractivity contribution in [3.8, 4) is 0 Å². The Hall–Kier alpha value is -1.15. The molecule has 1 aromatic rings. The van der Waals surface area contributed by atoms with E-state index in [1.54, 1.807) is 6.07 Å². The standard InChI is InChI=1S/C13H14INO4/c1-7-3-2-4-8(11(7)14)12(16)15-10-6-19-5-9(10)13(17)18/h2-4,9-10H,5-6H2,1H3,(H,15,16)(H,17,18). The minimum absolute atomic E-state index is 0.144. The van der Waals surface area contributed by atoms with E-state index in [1.165, 1.54) is 0 Å². The van der Waals surface area contributed by atoms with Crippen LogP contribution in [-0.4, -0.2) is 36.2 Å². The highest BCUT2D eigenvalue weighted by Gasteiger charge is 2.35. The molecule has 1 aliphatic rings. The van der Waals surface area contributed by atoms with Gasteiger partial charge in [0.25, 0.3) is 5.91 Å². The smallest absolute Gasteiger partial charge is 0.311 e. The Bertz CT molecular complexity index is 517. The summed E-state index contributed by atoms with van der Waals surface area (Å²) in [6, 6.07) is 5.00. The lowest BCUT2D eigenvalue weighted by atomic mass is 10.0. The van der Waals surface area contributed by atoms with Crippen LogP contribution in [0.1, 0.15) is 15.9 Å². The van der Waals surface area contributed by atoms with E-state index in [2.05, 4.69) is 27.9 Å². The fraction of sp³-hybridized carbons (Fsp3) is 0.385. The second kappa shape index (κ2) is 5.87. The summed E-state index contributed by atoms with van der Waals surface area (Å²) < 4.78 is 6.00. The maximum absolute atomic E-state index is 12.2. The molecule has 2 atom stereocenters. The summed E-state index contributed by atoms with van der Waals surface area (Å²) in [5, 5.41) is 11.8. The Balaban J connectivity index is 2.13. The molecular weight excluding hydrogens is 361 g/mol. The number of halogens is 1. The van der Waals surface area contributed by atoms with Crippen molar-refractivity contribution in [2.24, 2.45) is 5.92 Å². The van der Waals surface area contributed by atoms with Crippen molar-refractivity contribution < 1.29 is 19.4 Å². The van der Waals surface area contributed by atoms with Crippen molar-refractivity contribution in [3.05, 3.63) is 32.9 Å². The van der Waals surface area contributed by atoms with Gasteiger partial charge in [-0.25, -0.2) is 0 Å². The number of aryl methyl sites for hydroxylation is 1. The van der Waals surface area contributed by atoms with Crippen LogP contribution in [0, 0.1) is 16.4 Å². The SMILES string of the molecule is Cc1cccc(C(=O)NC2COCC2C(=O)O)c1I. The van der Waals surface area contributed by atoms with E-state index >= 15 is 0 Å². The van der Waals surface area contributed by atoms with Gasteiger partial charge in [-0.1, -0.05) is 12.1 Å². The highest BCUT2D eigenvalue weighted by Crippen LogP contribution is 2.19. The minimum atomic E-state index is -0.943. The molecule has 1 aliphatic heterocycles. The summed E-state index contributed by atoms with van der Waals surface area (Å²) in [5.41, 5.74) is 1.59. The van der Waals surface area contributed by atoms with Crippen LogP contribution in [-0.2, 0) is 9.53 Å². The molecule has 0 saturated carbocycles. The number of amides is 1. The second-order valence-electron chi connectivity index (χ2n) is 4.50. The van der Waals surface area contributed by atoms with Crippen LogP contribution in [0.25, 0.3) is 0 Å². The molecule has 2 unspecified atom stereocenters. The van der Waals surface area contributed by atoms with Gasteiger partial charge in [-0.3, -0.25) is 9.59 Å². The van der Waals surface area contributed by atoms with Crippen molar-refractivity contribution in [2.75, 3.05) is 13.2 Å². The Kier molecular flexibility index (Phi) is 4.41. The summed E-state index contributed by atoms with van der Waals surface area (Å²) in [6.07, 6.45) is 0. The van der Waals surface area contributed by atoms with E-state index < -0.39 is 17.9 Å². The first-order valence-corrected chi connectivity index (χ1v) is 6.95. The Labute approximate surface area is 124 Å². The van der Waals surface area contributed by atoms with Crippen LogP contribution in [0.4, 0.5) is 0 Å². The number of hydrogen-bond acceptors (Lipinski definition) is 3. The summed E-state index contributed by atoms with van der Waals surface area (Å²) in [5.74, 6) is -1.87. The molecule has 2 rings (SSSR count). The van der Waals surface area contributed by atoms with Gasteiger partial charge >= 0.3 is 5.97 Å². The number of carboxylic acid groups (broad SMARTS) is 1. The van der Waals surface area contributed by atoms with Crippen LogP contribution in [0.2, 0.25) is 0 Å². The molecule has 1 amide bonds. The molecule has 102 valence electrons. The number of rotatable bonds is 3. The van der Waals surface area contributed by atoms with E-state index in [9.17, 15) is 9.59 Å². The van der Waals surface area contributed by atoms with Gasteiger partial charge in [-0.2, -0.15) is 0 Å². The van der Waals surface area contributed by atoms with Gasteiger partial charge in [0.15, 0.2) is 0 Å². The zero-order chi connectivity index (χ0) is 14.0. The molecule has 0 spiro atoms. The van der Waals surface area contributed by atoms with Gasteiger partial charge in [-0.15, -0.1) is 0 Å². The molecule has 5 nitrogen and oxygen atoms in total. The van der Waals surface area contributed by atoms with Gasteiger partial charge in [0.2, 0.25) is 0 Å². The van der Waals surface area contributed by atoms with Crippen LogP contribution >= 0.6 is 22.6 Å². The van der Waals surface area contributed by atoms with Crippen molar-refractivity contribution in [1.29, 1.82) is 0 Å².